The zero-order valence-electron chi connectivity index (χ0n) is 21.3. The summed E-state index contributed by atoms with van der Waals surface area (Å²) >= 11 is 2.29. The normalized spacial score (nSPS) is 22.4. The van der Waals surface area contributed by atoms with Crippen LogP contribution >= 0.6 is 23.1 Å². The molecular weight excluding hydrogens is 538 g/mol. The number of thioether (sulfide) groups is 1. The lowest BCUT2D eigenvalue weighted by molar-refractivity contribution is -0.134. The highest BCUT2D eigenvalue weighted by Gasteiger charge is 2.56. The van der Waals surface area contributed by atoms with Gasteiger partial charge in [0.05, 0.1) is 23.7 Å². The number of methoxy groups -OCH3 is 1. The molecule has 6 rings (SSSR count). The molecule has 0 spiro atoms. The molecule has 2 fully saturated rings. The molecule has 1 aromatic heterocycles. The maximum Gasteiger partial charge on any atom is 0.305 e. The lowest BCUT2D eigenvalue weighted by Gasteiger charge is -2.30. The summed E-state index contributed by atoms with van der Waals surface area (Å²) in [6, 6.07) is 14.2. The van der Waals surface area contributed by atoms with Crippen molar-refractivity contribution >= 4 is 46.5 Å². The number of nitrogens with one attached hydrogen (secondary N) is 1. The SMILES string of the molecule is COc1cc([C@@H]2c3sc(=O)[nH]c3S[C@H]3C(=O)N(c4ccccc4)C(=O)[C@@H]23)ccc1OCC(=O)N1CCCCC1. The average Bonchev–Trinajstić information content (AvgIpc) is 3.46. The Hall–Kier alpha value is -3.57. The van der Waals surface area contributed by atoms with E-state index in [0.717, 1.165) is 54.1 Å². The maximum absolute atomic E-state index is 13.8. The molecular formula is C28H27N3O6S2. The van der Waals surface area contributed by atoms with E-state index in [-0.39, 0.29) is 29.2 Å². The van der Waals surface area contributed by atoms with Crippen LogP contribution < -0.4 is 19.2 Å². The standard InChI is InChI=1S/C28H27N3O6S2/c1-36-19-14-16(10-11-18(19)37-15-20(32)30-12-6-3-7-13-30)21-22-24(38-25-23(21)39-28(35)29-25)27(34)31(26(22)33)17-8-4-2-5-9-17/h2,4-5,8-11,14,21-22,24H,3,6-7,12-13,15H2,1H3,(H,29,35)/t21-,22-,24+/m0/s1. The van der Waals surface area contributed by atoms with Gasteiger partial charge in [0, 0.05) is 23.9 Å². The first-order valence-electron chi connectivity index (χ1n) is 12.9. The number of para-hydroxylation sites is 1. The summed E-state index contributed by atoms with van der Waals surface area (Å²) in [5.41, 5.74) is 1.25. The van der Waals surface area contributed by atoms with Gasteiger partial charge >= 0.3 is 4.87 Å². The second-order valence-electron chi connectivity index (χ2n) is 9.74. The van der Waals surface area contributed by atoms with Gasteiger partial charge in [0.2, 0.25) is 11.8 Å². The number of benzene rings is 2. The topological polar surface area (TPSA) is 109 Å². The number of likely N-dealkylation sites (tertiary alicyclic amines) is 1. The number of aromatic nitrogens is 1. The zero-order valence-corrected chi connectivity index (χ0v) is 22.9. The number of rotatable bonds is 6. The number of hydrogen-bond donors (Lipinski definition) is 1. The number of piperidine rings is 1. The van der Waals surface area contributed by atoms with E-state index in [1.807, 2.05) is 17.0 Å². The number of carbonyl (C=O) groups is 3. The van der Waals surface area contributed by atoms with Crippen molar-refractivity contribution in [3.63, 3.8) is 0 Å². The van der Waals surface area contributed by atoms with Crippen molar-refractivity contribution in [2.45, 2.75) is 35.5 Å². The lowest BCUT2D eigenvalue weighted by Crippen LogP contribution is -2.38. The van der Waals surface area contributed by atoms with Gasteiger partial charge in [0.15, 0.2) is 18.1 Å². The molecule has 3 aliphatic rings. The quantitative estimate of drug-likeness (QED) is 0.455. The molecule has 2 saturated heterocycles. The molecule has 11 heteroatoms. The summed E-state index contributed by atoms with van der Waals surface area (Å²) in [7, 11) is 1.51. The molecule has 3 aromatic rings. The Bertz CT molecular complexity index is 1480. The molecule has 202 valence electrons. The molecule has 4 heterocycles. The number of ether oxygens (including phenoxy) is 2. The van der Waals surface area contributed by atoms with E-state index in [4.69, 9.17) is 9.47 Å². The number of amides is 3. The van der Waals surface area contributed by atoms with Gasteiger partial charge < -0.3 is 19.4 Å². The average molecular weight is 566 g/mol. The number of nitrogens with zero attached hydrogens (tertiary/aromatic N) is 2. The second kappa shape index (κ2) is 10.5. The maximum atomic E-state index is 13.8. The zero-order chi connectivity index (χ0) is 27.1. The van der Waals surface area contributed by atoms with Crippen LogP contribution in [0.5, 0.6) is 11.5 Å². The summed E-state index contributed by atoms with van der Waals surface area (Å²) < 4.78 is 11.5. The van der Waals surface area contributed by atoms with Gasteiger partial charge in [0.25, 0.3) is 5.91 Å². The molecule has 2 aromatic carbocycles. The number of carbonyl (C=O) groups excluding carboxylic acids is 3. The predicted octanol–water partition coefficient (Wildman–Crippen LogP) is 3.63. The summed E-state index contributed by atoms with van der Waals surface area (Å²) in [6.45, 7) is 1.40. The summed E-state index contributed by atoms with van der Waals surface area (Å²) in [6.07, 6.45) is 3.14. The van der Waals surface area contributed by atoms with Gasteiger partial charge in [-0.2, -0.15) is 0 Å². The third kappa shape index (κ3) is 4.63. The minimum absolute atomic E-state index is 0.0641. The fourth-order valence-electron chi connectivity index (χ4n) is 5.58. The van der Waals surface area contributed by atoms with E-state index in [9.17, 15) is 19.2 Å². The first-order chi connectivity index (χ1) is 19.0. The van der Waals surface area contributed by atoms with Crippen molar-refractivity contribution in [1.29, 1.82) is 0 Å². The lowest BCUT2D eigenvalue weighted by atomic mass is 9.83. The number of imide groups is 1. The Labute approximate surface area is 233 Å². The molecule has 3 amide bonds. The fraction of sp³-hybridized carbons (Fsp3) is 0.357. The smallest absolute Gasteiger partial charge is 0.305 e. The Balaban J connectivity index is 1.32. The van der Waals surface area contributed by atoms with Gasteiger partial charge in [0.1, 0.15) is 5.25 Å². The highest BCUT2D eigenvalue weighted by Crippen LogP contribution is 2.53. The van der Waals surface area contributed by atoms with Gasteiger partial charge in [-0.1, -0.05) is 47.4 Å². The van der Waals surface area contributed by atoms with Crippen LogP contribution in [-0.2, 0) is 14.4 Å². The molecule has 39 heavy (non-hydrogen) atoms. The largest absolute Gasteiger partial charge is 0.493 e. The Morgan fingerprint density at radius 1 is 1.00 bits per heavy atom. The van der Waals surface area contributed by atoms with Crippen molar-refractivity contribution in [2.75, 3.05) is 31.7 Å². The first-order valence-corrected chi connectivity index (χ1v) is 14.6. The second-order valence-corrected chi connectivity index (χ2v) is 11.9. The summed E-state index contributed by atoms with van der Waals surface area (Å²) in [5, 5.41) is -0.0664. The summed E-state index contributed by atoms with van der Waals surface area (Å²) in [4.78, 5) is 58.7. The van der Waals surface area contributed by atoms with E-state index in [1.54, 1.807) is 36.4 Å². The van der Waals surface area contributed by atoms with Crippen molar-refractivity contribution in [3.8, 4) is 11.5 Å². The molecule has 0 radical (unpaired) electrons. The van der Waals surface area contributed by atoms with Crippen LogP contribution in [0, 0.1) is 5.92 Å². The van der Waals surface area contributed by atoms with Crippen molar-refractivity contribution in [1.82, 2.24) is 9.88 Å². The van der Waals surface area contributed by atoms with Crippen LogP contribution in [0.25, 0.3) is 0 Å². The van der Waals surface area contributed by atoms with Gasteiger partial charge in [-0.05, 0) is 49.1 Å². The molecule has 0 unspecified atom stereocenters. The number of H-pyrrole nitrogens is 1. The number of thiazole rings is 1. The molecule has 1 N–H and O–H groups in total. The van der Waals surface area contributed by atoms with Crippen LogP contribution in [0.2, 0.25) is 0 Å². The third-order valence-electron chi connectivity index (χ3n) is 7.45. The Morgan fingerprint density at radius 2 is 1.77 bits per heavy atom. The van der Waals surface area contributed by atoms with E-state index < -0.39 is 17.1 Å². The van der Waals surface area contributed by atoms with Crippen LogP contribution in [0.15, 0.2) is 58.4 Å². The molecule has 3 atom stereocenters. The minimum atomic E-state index is -0.696. The van der Waals surface area contributed by atoms with Crippen LogP contribution in [-0.4, -0.2) is 59.7 Å². The van der Waals surface area contributed by atoms with Gasteiger partial charge in [-0.15, -0.1) is 0 Å². The number of fused-ring (bicyclic) bond motifs is 2. The molecule has 3 aliphatic heterocycles. The fourth-order valence-corrected chi connectivity index (χ4v) is 8.09. The van der Waals surface area contributed by atoms with Crippen molar-refractivity contribution < 1.29 is 23.9 Å². The van der Waals surface area contributed by atoms with Crippen LogP contribution in [0.1, 0.15) is 35.6 Å². The van der Waals surface area contributed by atoms with E-state index in [1.165, 1.54) is 23.8 Å². The Morgan fingerprint density at radius 3 is 2.51 bits per heavy atom. The van der Waals surface area contributed by atoms with Crippen molar-refractivity contribution in [2.24, 2.45) is 5.92 Å². The van der Waals surface area contributed by atoms with Crippen LogP contribution in [0.3, 0.4) is 0 Å². The first kappa shape index (κ1) is 25.7. The molecule has 9 nitrogen and oxygen atoms in total. The predicted molar refractivity (Wildman–Crippen MR) is 148 cm³/mol. The minimum Gasteiger partial charge on any atom is -0.493 e. The van der Waals surface area contributed by atoms with E-state index in [2.05, 4.69) is 4.98 Å². The number of anilines is 1. The van der Waals surface area contributed by atoms with Gasteiger partial charge in [-0.25, -0.2) is 4.90 Å². The van der Waals surface area contributed by atoms with E-state index >= 15 is 0 Å². The van der Waals surface area contributed by atoms with Crippen molar-refractivity contribution in [3.05, 3.63) is 68.6 Å². The number of aromatic amines is 1. The van der Waals surface area contributed by atoms with Gasteiger partial charge in [-0.3, -0.25) is 19.2 Å². The Kier molecular flexibility index (Phi) is 6.94. The molecule has 0 bridgehead atoms. The molecule has 0 saturated carbocycles. The highest BCUT2D eigenvalue weighted by molar-refractivity contribution is 8.00. The highest BCUT2D eigenvalue weighted by atomic mass is 32.2. The molecule has 0 aliphatic carbocycles. The third-order valence-corrected chi connectivity index (χ3v) is 9.85. The number of hydrogen-bond acceptors (Lipinski definition) is 8. The van der Waals surface area contributed by atoms with E-state index in [0.29, 0.717) is 22.2 Å². The van der Waals surface area contributed by atoms with Crippen LogP contribution in [0.4, 0.5) is 5.69 Å². The summed E-state index contributed by atoms with van der Waals surface area (Å²) in [5.74, 6) is -1.06. The monoisotopic (exact) mass is 565 g/mol.